The first-order valence-corrected chi connectivity index (χ1v) is 6.11. The van der Waals surface area contributed by atoms with Crippen LogP contribution in [-0.4, -0.2) is 49.6 Å². The average molecular weight is 222 g/mol. The van der Waals surface area contributed by atoms with Gasteiger partial charge in [0.2, 0.25) is 0 Å². The lowest BCUT2D eigenvalue weighted by Gasteiger charge is -2.07. The third-order valence-corrected chi connectivity index (χ3v) is 2.25. The molecule has 1 aliphatic heterocycles. The summed E-state index contributed by atoms with van der Waals surface area (Å²) in [7, 11) is 2.73. The van der Waals surface area contributed by atoms with E-state index in [1.165, 1.54) is 0 Å². The molecule has 0 aliphatic carbocycles. The summed E-state index contributed by atoms with van der Waals surface area (Å²) in [5, 5.41) is 0. The predicted molar refractivity (Wildman–Crippen MR) is 58.0 cm³/mol. The molecule has 0 N–H and O–H groups in total. The van der Waals surface area contributed by atoms with Crippen LogP contribution in [0.15, 0.2) is 0 Å². The molecule has 0 spiro atoms. The van der Waals surface area contributed by atoms with E-state index in [0.29, 0.717) is 12.2 Å². The normalized spacial score (nSPS) is 21.0. The van der Waals surface area contributed by atoms with Crippen LogP contribution in [0.2, 0.25) is 0 Å². The largest absolute Gasteiger partial charge is 0.402 e. The van der Waals surface area contributed by atoms with Gasteiger partial charge in [-0.1, -0.05) is 6.92 Å². The molecule has 0 aromatic heterocycles. The molecule has 1 saturated heterocycles. The zero-order valence-electron chi connectivity index (χ0n) is 9.62. The highest BCUT2D eigenvalue weighted by molar-refractivity contribution is 6.17. The van der Waals surface area contributed by atoms with Crippen LogP contribution in [0.4, 0.5) is 0 Å². The van der Waals surface area contributed by atoms with E-state index in [2.05, 4.69) is 22.7 Å². The van der Waals surface area contributed by atoms with Gasteiger partial charge in [0.15, 0.2) is 0 Å². The Bertz CT molecular complexity index is 117. The highest BCUT2D eigenvalue weighted by Gasteiger charge is 2.22. The molecule has 2 unspecified atom stereocenters. The summed E-state index contributed by atoms with van der Waals surface area (Å²) in [5.41, 5.74) is 0. The molecule has 0 aromatic carbocycles. The van der Waals surface area contributed by atoms with Crippen molar-refractivity contribution in [2.75, 3.05) is 27.4 Å². The topological polar surface area (TPSA) is 40.2 Å². The van der Waals surface area contributed by atoms with Crippen molar-refractivity contribution in [1.29, 1.82) is 0 Å². The van der Waals surface area contributed by atoms with Crippen molar-refractivity contribution in [2.45, 2.75) is 32.5 Å². The van der Waals surface area contributed by atoms with Crippen molar-refractivity contribution in [3.63, 3.8) is 0 Å². The number of epoxide rings is 1. The van der Waals surface area contributed by atoms with Gasteiger partial charge in [0.25, 0.3) is 0 Å². The summed E-state index contributed by atoms with van der Waals surface area (Å²) in [6, 6.07) is 0. The first-order valence-electron chi connectivity index (χ1n) is 4.95. The quantitative estimate of drug-likeness (QED) is 0.484. The fourth-order valence-corrected chi connectivity index (χ4v) is 0.907. The lowest BCUT2D eigenvalue weighted by Crippen LogP contribution is -2.10. The van der Waals surface area contributed by atoms with E-state index in [-0.39, 0.29) is 0 Å². The van der Waals surface area contributed by atoms with Gasteiger partial charge in [-0.3, -0.25) is 0 Å². The summed E-state index contributed by atoms with van der Waals surface area (Å²) < 4.78 is 19.6. The van der Waals surface area contributed by atoms with E-state index in [1.807, 2.05) is 0 Å². The van der Waals surface area contributed by atoms with E-state index >= 15 is 0 Å². The first-order chi connectivity index (χ1) is 6.74. The van der Waals surface area contributed by atoms with Gasteiger partial charge in [-0.2, -0.15) is 0 Å². The molecule has 0 bridgehead atoms. The maximum absolute atomic E-state index is 5.39. The fourth-order valence-electron chi connectivity index (χ4n) is 0.672. The minimum atomic E-state index is -0.568. The Morgan fingerprint density at radius 1 is 1.43 bits per heavy atom. The van der Waals surface area contributed by atoms with Gasteiger partial charge in [-0.05, 0) is 13.3 Å². The molecule has 0 radical (unpaired) electrons. The summed E-state index contributed by atoms with van der Waals surface area (Å²) in [5.74, 6) is 0. The summed E-state index contributed by atoms with van der Waals surface area (Å²) in [4.78, 5) is 0. The lowest BCUT2D eigenvalue weighted by molar-refractivity contribution is 0.0523. The molecule has 86 valence electrons. The number of hydrogen-bond acceptors (Lipinski definition) is 4. The van der Waals surface area contributed by atoms with Gasteiger partial charge in [-0.15, -0.1) is 0 Å². The van der Waals surface area contributed by atoms with Crippen molar-refractivity contribution >= 4 is 10.0 Å². The molecule has 0 aromatic rings. The van der Waals surface area contributed by atoms with Crippen LogP contribution < -0.4 is 0 Å². The monoisotopic (exact) mass is 222 g/mol. The van der Waals surface area contributed by atoms with Gasteiger partial charge < -0.3 is 18.3 Å². The van der Waals surface area contributed by atoms with Crippen LogP contribution in [0.5, 0.6) is 0 Å². The van der Waals surface area contributed by atoms with Crippen LogP contribution in [0.1, 0.15) is 20.3 Å². The smallest absolute Gasteiger partial charge is 0.303 e. The summed E-state index contributed by atoms with van der Waals surface area (Å²) in [6.07, 6.45) is 1.90. The van der Waals surface area contributed by atoms with Crippen molar-refractivity contribution in [3.8, 4) is 0 Å². The van der Waals surface area contributed by atoms with E-state index < -0.39 is 10.0 Å². The predicted octanol–water partition coefficient (Wildman–Crippen LogP) is 0.478. The van der Waals surface area contributed by atoms with Gasteiger partial charge in [0.1, 0.15) is 6.10 Å². The van der Waals surface area contributed by atoms with Crippen LogP contribution in [0.25, 0.3) is 0 Å². The first kappa shape index (κ1) is 14.1. The molecule has 1 fully saturated rings. The fraction of sp³-hybridized carbons (Fsp3) is 1.00. The Kier molecular flexibility index (Phi) is 9.64. The molecule has 0 amide bonds. The minimum absolute atomic E-state index is 0.397. The highest BCUT2D eigenvalue weighted by Crippen LogP contribution is 2.10. The van der Waals surface area contributed by atoms with Gasteiger partial charge in [-0.25, -0.2) is 0 Å². The Hall–Kier alpha value is 0.0569. The van der Waals surface area contributed by atoms with Crippen LogP contribution in [-0.2, 0) is 18.3 Å². The second kappa shape index (κ2) is 9.61. The molecule has 5 heteroatoms. The maximum atomic E-state index is 5.39. The molecule has 4 nitrogen and oxygen atoms in total. The third-order valence-electron chi connectivity index (χ3n) is 1.78. The number of ether oxygens (including phenoxy) is 2. The molecular weight excluding hydrogens is 200 g/mol. The highest BCUT2D eigenvalue weighted by atomic mass is 28.3. The summed E-state index contributed by atoms with van der Waals surface area (Å²) in [6.45, 7) is 5.90. The van der Waals surface area contributed by atoms with Crippen molar-refractivity contribution in [1.82, 2.24) is 0 Å². The summed E-state index contributed by atoms with van der Waals surface area (Å²) >= 11 is 0. The maximum Gasteiger partial charge on any atom is 0.303 e. The molecule has 2 atom stereocenters. The SMILES string of the molecule is CCC(C)OCC1CO1.CO[SiH2]OC. The lowest BCUT2D eigenvalue weighted by atomic mass is 10.3. The Balaban J connectivity index is 0.000000292. The molecule has 1 heterocycles. The second-order valence-electron chi connectivity index (χ2n) is 3.20. The zero-order valence-corrected chi connectivity index (χ0v) is 11.0. The Morgan fingerprint density at radius 3 is 2.29 bits per heavy atom. The van der Waals surface area contributed by atoms with Gasteiger partial charge >= 0.3 is 10.0 Å². The van der Waals surface area contributed by atoms with E-state index in [9.17, 15) is 0 Å². The number of hydrogen-bond donors (Lipinski definition) is 0. The molecule has 1 aliphatic rings. The second-order valence-corrected chi connectivity index (χ2v) is 4.59. The van der Waals surface area contributed by atoms with Crippen molar-refractivity contribution < 1.29 is 18.3 Å². The van der Waals surface area contributed by atoms with Crippen molar-refractivity contribution in [2.24, 2.45) is 0 Å². The van der Waals surface area contributed by atoms with E-state index in [1.54, 1.807) is 14.2 Å². The number of rotatable bonds is 6. The molecule has 14 heavy (non-hydrogen) atoms. The Morgan fingerprint density at radius 2 is 2.00 bits per heavy atom. The van der Waals surface area contributed by atoms with E-state index in [4.69, 9.17) is 9.47 Å². The molecule has 0 saturated carbocycles. The Labute approximate surface area is 88.9 Å². The molecular formula is C9H22O4Si. The minimum Gasteiger partial charge on any atom is -0.402 e. The van der Waals surface area contributed by atoms with Crippen LogP contribution >= 0.6 is 0 Å². The third kappa shape index (κ3) is 10.1. The van der Waals surface area contributed by atoms with Gasteiger partial charge in [0.05, 0.1) is 19.3 Å². The zero-order chi connectivity index (χ0) is 10.8. The average Bonchev–Trinajstić information content (AvgIpc) is 3.00. The van der Waals surface area contributed by atoms with Gasteiger partial charge in [0, 0.05) is 14.2 Å². The van der Waals surface area contributed by atoms with Crippen molar-refractivity contribution in [3.05, 3.63) is 0 Å². The standard InChI is InChI=1S/C7H14O2.C2H8O2Si/c1-3-6(2)8-4-7-5-9-7;1-3-5-4-2/h6-7H,3-5H2,1-2H3;5H2,1-2H3. The molecule has 1 rings (SSSR count). The van der Waals surface area contributed by atoms with Crippen LogP contribution in [0.3, 0.4) is 0 Å². The van der Waals surface area contributed by atoms with E-state index in [0.717, 1.165) is 19.6 Å². The van der Waals surface area contributed by atoms with Crippen LogP contribution in [0, 0.1) is 0 Å².